The maximum absolute atomic E-state index is 13.5. The fraction of sp³-hybridized carbons (Fsp3) is 0.421. The van der Waals surface area contributed by atoms with Crippen LogP contribution >= 0.6 is 0 Å². The predicted molar refractivity (Wildman–Crippen MR) is 97.6 cm³/mol. The van der Waals surface area contributed by atoms with Gasteiger partial charge in [0.25, 0.3) is 0 Å². The zero-order chi connectivity index (χ0) is 17.9. The first kappa shape index (κ1) is 16.9. The van der Waals surface area contributed by atoms with Crippen LogP contribution in [0, 0.1) is 5.82 Å². The van der Waals surface area contributed by atoms with E-state index in [1.165, 1.54) is 44.8 Å². The van der Waals surface area contributed by atoms with Gasteiger partial charge in [-0.05, 0) is 38.1 Å². The molecule has 6 nitrogen and oxygen atoms in total. The van der Waals surface area contributed by atoms with E-state index >= 15 is 0 Å². The van der Waals surface area contributed by atoms with Gasteiger partial charge in [-0.15, -0.1) is 0 Å². The van der Waals surface area contributed by atoms with Crippen molar-refractivity contribution in [2.75, 3.05) is 26.7 Å². The quantitative estimate of drug-likeness (QED) is 0.704. The Morgan fingerprint density at radius 2 is 1.96 bits per heavy atom. The van der Waals surface area contributed by atoms with Crippen molar-refractivity contribution in [1.29, 1.82) is 0 Å². The molecule has 0 spiro atoms. The average molecular weight is 355 g/mol. The summed E-state index contributed by atoms with van der Waals surface area (Å²) in [6.45, 7) is 4.08. The molecule has 0 amide bonds. The molecule has 3 aromatic rings. The highest BCUT2D eigenvalue weighted by Crippen LogP contribution is 2.33. The number of likely N-dealkylation sites (tertiary alicyclic amines) is 1. The molecule has 26 heavy (non-hydrogen) atoms. The molecule has 0 unspecified atom stereocenters. The summed E-state index contributed by atoms with van der Waals surface area (Å²) in [7, 11) is 1.53. The molecule has 0 saturated carbocycles. The van der Waals surface area contributed by atoms with Gasteiger partial charge in [0.15, 0.2) is 5.65 Å². The number of nitrogens with zero attached hydrogens (tertiary/aromatic N) is 5. The van der Waals surface area contributed by atoms with Crippen LogP contribution in [0.3, 0.4) is 0 Å². The largest absolute Gasteiger partial charge is 0.496 e. The Morgan fingerprint density at radius 1 is 1.12 bits per heavy atom. The molecule has 0 aliphatic carbocycles. The van der Waals surface area contributed by atoms with E-state index in [4.69, 9.17) is 4.74 Å². The van der Waals surface area contributed by atoms with E-state index in [-0.39, 0.29) is 5.82 Å². The lowest BCUT2D eigenvalue weighted by Gasteiger charge is -2.26. The number of benzene rings is 1. The number of aromatic nitrogens is 4. The molecule has 0 bridgehead atoms. The van der Waals surface area contributed by atoms with Gasteiger partial charge in [0.1, 0.15) is 17.9 Å². The van der Waals surface area contributed by atoms with Crippen LogP contribution in [-0.4, -0.2) is 51.4 Å². The minimum absolute atomic E-state index is 0.340. The highest BCUT2D eigenvalue weighted by molar-refractivity contribution is 5.91. The summed E-state index contributed by atoms with van der Waals surface area (Å²) in [4.78, 5) is 11.3. The molecule has 3 heterocycles. The lowest BCUT2D eigenvalue weighted by molar-refractivity contribution is 0.219. The van der Waals surface area contributed by atoms with Crippen molar-refractivity contribution in [1.82, 2.24) is 24.6 Å². The number of fused-ring (bicyclic) bond motifs is 1. The molecular formula is C19H22FN5O. The van der Waals surface area contributed by atoms with E-state index in [9.17, 15) is 4.39 Å². The maximum Gasteiger partial charge on any atom is 0.161 e. The number of ether oxygens (including phenoxy) is 1. The normalized spacial score (nSPS) is 15.5. The van der Waals surface area contributed by atoms with Crippen LogP contribution in [0.2, 0.25) is 0 Å². The van der Waals surface area contributed by atoms with Crippen LogP contribution in [0.4, 0.5) is 4.39 Å². The predicted octanol–water partition coefficient (Wildman–Crippen LogP) is 3.13. The lowest BCUT2D eigenvalue weighted by atomic mass is 10.1. The Balaban J connectivity index is 1.65. The van der Waals surface area contributed by atoms with E-state index < -0.39 is 0 Å². The first-order valence-electron chi connectivity index (χ1n) is 8.99. The van der Waals surface area contributed by atoms with Gasteiger partial charge in [-0.25, -0.2) is 19.0 Å². The minimum atomic E-state index is -0.340. The molecule has 0 atom stereocenters. The molecular weight excluding hydrogens is 333 g/mol. The molecule has 2 aromatic heterocycles. The lowest BCUT2D eigenvalue weighted by Crippen LogP contribution is -2.32. The third-order valence-electron chi connectivity index (χ3n) is 4.93. The zero-order valence-corrected chi connectivity index (χ0v) is 14.9. The number of piperidine rings is 1. The molecule has 1 aliphatic rings. The first-order valence-corrected chi connectivity index (χ1v) is 8.99. The highest BCUT2D eigenvalue weighted by Gasteiger charge is 2.16. The second-order valence-electron chi connectivity index (χ2n) is 6.57. The number of hydrogen-bond acceptors (Lipinski definition) is 5. The van der Waals surface area contributed by atoms with E-state index in [0.717, 1.165) is 42.8 Å². The fourth-order valence-corrected chi connectivity index (χ4v) is 3.55. The van der Waals surface area contributed by atoms with Gasteiger partial charge in [0, 0.05) is 18.2 Å². The van der Waals surface area contributed by atoms with E-state index in [1.54, 1.807) is 12.3 Å². The summed E-state index contributed by atoms with van der Waals surface area (Å²) in [5, 5.41) is 5.36. The third-order valence-corrected chi connectivity index (χ3v) is 4.93. The molecule has 136 valence electrons. The second kappa shape index (κ2) is 7.37. The van der Waals surface area contributed by atoms with E-state index in [1.807, 2.05) is 4.68 Å². The fourth-order valence-electron chi connectivity index (χ4n) is 3.55. The van der Waals surface area contributed by atoms with E-state index in [2.05, 4.69) is 20.0 Å². The Labute approximate surface area is 151 Å². The van der Waals surface area contributed by atoms with Gasteiger partial charge >= 0.3 is 0 Å². The summed E-state index contributed by atoms with van der Waals surface area (Å²) in [6.07, 6.45) is 7.19. The molecule has 1 fully saturated rings. The van der Waals surface area contributed by atoms with E-state index in [0.29, 0.717) is 11.4 Å². The molecule has 4 rings (SSSR count). The van der Waals surface area contributed by atoms with Gasteiger partial charge in [-0.2, -0.15) is 5.10 Å². The second-order valence-corrected chi connectivity index (χ2v) is 6.57. The summed E-state index contributed by atoms with van der Waals surface area (Å²) >= 11 is 0. The van der Waals surface area contributed by atoms with Crippen LogP contribution < -0.4 is 4.74 Å². The van der Waals surface area contributed by atoms with Crippen molar-refractivity contribution < 1.29 is 9.13 Å². The van der Waals surface area contributed by atoms with Crippen LogP contribution in [-0.2, 0) is 6.54 Å². The number of rotatable bonds is 5. The van der Waals surface area contributed by atoms with Gasteiger partial charge in [0.05, 0.1) is 30.9 Å². The van der Waals surface area contributed by atoms with Crippen LogP contribution in [0.1, 0.15) is 19.3 Å². The van der Waals surface area contributed by atoms with Crippen molar-refractivity contribution in [2.45, 2.75) is 25.8 Å². The summed E-state index contributed by atoms with van der Waals surface area (Å²) in [5.74, 6) is 0.110. The standard InChI is InChI=1S/C19H22FN5O/c1-26-17-11-14(20)5-6-15(17)18-16-12-23-25(19(16)22-13-21-18)10-9-24-7-3-2-4-8-24/h5-6,11-13H,2-4,7-10H2,1H3. The number of halogens is 1. The smallest absolute Gasteiger partial charge is 0.161 e. The van der Waals surface area contributed by atoms with Crippen LogP contribution in [0.5, 0.6) is 5.75 Å². The first-order chi connectivity index (χ1) is 12.8. The Hall–Kier alpha value is -2.54. The Bertz CT molecular complexity index is 904. The summed E-state index contributed by atoms with van der Waals surface area (Å²) in [6, 6.07) is 4.46. The summed E-state index contributed by atoms with van der Waals surface area (Å²) < 4.78 is 20.8. The molecule has 1 aliphatic heterocycles. The highest BCUT2D eigenvalue weighted by atomic mass is 19.1. The molecule has 1 saturated heterocycles. The number of methoxy groups -OCH3 is 1. The van der Waals surface area contributed by atoms with Crippen molar-refractivity contribution in [3.05, 3.63) is 36.5 Å². The Kier molecular flexibility index (Phi) is 4.79. The minimum Gasteiger partial charge on any atom is -0.496 e. The van der Waals surface area contributed by atoms with Crippen molar-refractivity contribution in [2.24, 2.45) is 0 Å². The average Bonchev–Trinajstić information content (AvgIpc) is 3.10. The molecule has 1 aromatic carbocycles. The van der Waals surface area contributed by atoms with Crippen molar-refractivity contribution >= 4 is 11.0 Å². The van der Waals surface area contributed by atoms with Gasteiger partial charge < -0.3 is 9.64 Å². The topological polar surface area (TPSA) is 56.1 Å². The van der Waals surface area contributed by atoms with Crippen molar-refractivity contribution in [3.8, 4) is 17.0 Å². The van der Waals surface area contributed by atoms with Crippen LogP contribution in [0.15, 0.2) is 30.7 Å². The zero-order valence-electron chi connectivity index (χ0n) is 14.9. The third kappa shape index (κ3) is 3.26. The molecule has 7 heteroatoms. The monoisotopic (exact) mass is 355 g/mol. The van der Waals surface area contributed by atoms with Gasteiger partial charge in [-0.3, -0.25) is 0 Å². The van der Waals surface area contributed by atoms with Gasteiger partial charge in [-0.1, -0.05) is 6.42 Å². The van der Waals surface area contributed by atoms with Gasteiger partial charge in [0.2, 0.25) is 0 Å². The summed E-state index contributed by atoms with van der Waals surface area (Å²) in [5.41, 5.74) is 2.23. The SMILES string of the molecule is COc1cc(F)ccc1-c1ncnc2c1cnn2CCN1CCCCC1. The van der Waals surface area contributed by atoms with Crippen LogP contribution in [0.25, 0.3) is 22.3 Å². The van der Waals surface area contributed by atoms with Crippen molar-refractivity contribution in [3.63, 3.8) is 0 Å². The molecule has 0 radical (unpaired) electrons. The Morgan fingerprint density at radius 3 is 2.77 bits per heavy atom. The molecule has 0 N–H and O–H groups in total. The maximum atomic E-state index is 13.5. The number of hydrogen-bond donors (Lipinski definition) is 0.